The van der Waals surface area contributed by atoms with E-state index in [1.165, 1.54) is 0 Å². The van der Waals surface area contributed by atoms with Crippen molar-refractivity contribution in [2.75, 3.05) is 0 Å². The molecule has 0 atom stereocenters. The van der Waals surface area contributed by atoms with Gasteiger partial charge >= 0.3 is 0 Å². The number of aromatic nitrogens is 1. The third kappa shape index (κ3) is 3.28. The van der Waals surface area contributed by atoms with Crippen LogP contribution in [-0.4, -0.2) is 13.4 Å². The lowest BCUT2D eigenvalue weighted by Crippen LogP contribution is -2.24. The molecule has 2 aromatic rings. The van der Waals surface area contributed by atoms with E-state index >= 15 is 0 Å². The van der Waals surface area contributed by atoms with Crippen LogP contribution in [0.3, 0.4) is 0 Å². The third-order valence-corrected chi connectivity index (χ3v) is 3.93. The molecule has 1 heterocycles. The molecular weight excluding hydrogens is 290 g/mol. The summed E-state index contributed by atoms with van der Waals surface area (Å²) in [6.07, 6.45) is 1.02. The van der Waals surface area contributed by atoms with Crippen molar-refractivity contribution < 1.29 is 17.2 Å². The van der Waals surface area contributed by atoms with Crippen molar-refractivity contribution in [1.82, 2.24) is 9.71 Å². The first-order chi connectivity index (χ1) is 9.38. The van der Waals surface area contributed by atoms with E-state index in [1.807, 2.05) is 0 Å². The molecule has 106 valence electrons. The predicted molar refractivity (Wildman–Crippen MR) is 67.4 cm³/mol. The molecule has 0 aliphatic carbocycles. The number of hydrogen-bond acceptors (Lipinski definition) is 3. The van der Waals surface area contributed by atoms with E-state index in [0.29, 0.717) is 0 Å². The van der Waals surface area contributed by atoms with Crippen molar-refractivity contribution in [3.8, 4) is 0 Å². The largest absolute Gasteiger partial charge is 0.328 e. The van der Waals surface area contributed by atoms with Crippen LogP contribution in [0.5, 0.6) is 0 Å². The summed E-state index contributed by atoms with van der Waals surface area (Å²) in [5.41, 5.74) is -0.557. The second kappa shape index (κ2) is 5.51. The van der Waals surface area contributed by atoms with Crippen molar-refractivity contribution in [2.24, 2.45) is 0 Å². The SMILES string of the molecule is O=c1ccc(S(=O)(=O)NCc2cc(F)ccc2F)c[nH]1. The number of benzene rings is 1. The van der Waals surface area contributed by atoms with Crippen LogP contribution in [0.15, 0.2) is 46.2 Å². The number of nitrogens with one attached hydrogen (secondary N) is 2. The van der Waals surface area contributed by atoms with Gasteiger partial charge in [-0.3, -0.25) is 4.79 Å². The summed E-state index contributed by atoms with van der Waals surface area (Å²) in [6, 6.07) is 4.93. The highest BCUT2D eigenvalue weighted by molar-refractivity contribution is 7.89. The van der Waals surface area contributed by atoms with Gasteiger partial charge in [0.15, 0.2) is 0 Å². The van der Waals surface area contributed by atoms with Crippen LogP contribution < -0.4 is 10.3 Å². The highest BCUT2D eigenvalue weighted by Gasteiger charge is 2.15. The molecule has 1 aromatic heterocycles. The summed E-state index contributed by atoms with van der Waals surface area (Å²) in [5.74, 6) is -1.37. The van der Waals surface area contributed by atoms with Gasteiger partial charge in [-0.15, -0.1) is 0 Å². The molecule has 2 N–H and O–H groups in total. The van der Waals surface area contributed by atoms with Crippen LogP contribution in [-0.2, 0) is 16.6 Å². The fourth-order valence-corrected chi connectivity index (χ4v) is 2.47. The molecule has 20 heavy (non-hydrogen) atoms. The van der Waals surface area contributed by atoms with Gasteiger partial charge in [-0.05, 0) is 24.3 Å². The Labute approximate surface area is 113 Å². The van der Waals surface area contributed by atoms with Crippen LogP contribution in [0, 0.1) is 11.6 Å². The van der Waals surface area contributed by atoms with Crippen molar-refractivity contribution in [3.63, 3.8) is 0 Å². The maximum atomic E-state index is 13.4. The Bertz CT molecular complexity index is 767. The highest BCUT2D eigenvalue weighted by atomic mass is 32.2. The summed E-state index contributed by atoms with van der Waals surface area (Å²) >= 11 is 0. The monoisotopic (exact) mass is 300 g/mol. The van der Waals surface area contributed by atoms with Gasteiger partial charge in [0.2, 0.25) is 15.6 Å². The maximum Gasteiger partial charge on any atom is 0.247 e. The Balaban J connectivity index is 2.19. The molecule has 0 aliphatic heterocycles. The van der Waals surface area contributed by atoms with E-state index in [-0.39, 0.29) is 10.5 Å². The molecule has 2 rings (SSSR count). The molecule has 0 spiro atoms. The molecule has 5 nitrogen and oxygen atoms in total. The third-order valence-electron chi connectivity index (χ3n) is 2.53. The summed E-state index contributed by atoms with van der Waals surface area (Å²) in [7, 11) is -3.91. The zero-order chi connectivity index (χ0) is 14.8. The van der Waals surface area contributed by atoms with Crippen molar-refractivity contribution >= 4 is 10.0 Å². The average molecular weight is 300 g/mol. The highest BCUT2D eigenvalue weighted by Crippen LogP contribution is 2.11. The molecule has 0 saturated carbocycles. The predicted octanol–water partition coefficient (Wildman–Crippen LogP) is 1.13. The van der Waals surface area contributed by atoms with Gasteiger partial charge in [0, 0.05) is 24.4 Å². The van der Waals surface area contributed by atoms with Crippen LogP contribution in [0.4, 0.5) is 8.78 Å². The van der Waals surface area contributed by atoms with Gasteiger partial charge in [-0.2, -0.15) is 0 Å². The van der Waals surface area contributed by atoms with Gasteiger partial charge in [-0.25, -0.2) is 21.9 Å². The standard InChI is InChI=1S/C12H10F2N2O3S/c13-9-1-3-11(14)8(5-9)6-16-20(18,19)10-2-4-12(17)15-7-10/h1-5,7,16H,6H2,(H,15,17). The number of halogens is 2. The van der Waals surface area contributed by atoms with Gasteiger partial charge in [0.05, 0.1) is 4.90 Å². The number of sulfonamides is 1. The van der Waals surface area contributed by atoms with E-state index in [9.17, 15) is 22.0 Å². The molecule has 8 heteroatoms. The number of hydrogen-bond donors (Lipinski definition) is 2. The first kappa shape index (κ1) is 14.4. The van der Waals surface area contributed by atoms with Gasteiger partial charge in [-0.1, -0.05) is 0 Å². The Kier molecular flexibility index (Phi) is 3.96. The minimum Gasteiger partial charge on any atom is -0.328 e. The number of pyridine rings is 1. The number of H-pyrrole nitrogens is 1. The Hall–Kier alpha value is -2.06. The number of aromatic amines is 1. The van der Waals surface area contributed by atoms with E-state index in [2.05, 4.69) is 9.71 Å². The van der Waals surface area contributed by atoms with Crippen LogP contribution in [0.25, 0.3) is 0 Å². The molecule has 0 aliphatic rings. The lowest BCUT2D eigenvalue weighted by Gasteiger charge is -2.07. The minimum atomic E-state index is -3.91. The van der Waals surface area contributed by atoms with Crippen LogP contribution in [0.1, 0.15) is 5.56 Å². The zero-order valence-electron chi connectivity index (χ0n) is 10.1. The lowest BCUT2D eigenvalue weighted by atomic mass is 10.2. The Morgan fingerprint density at radius 1 is 1.15 bits per heavy atom. The van der Waals surface area contributed by atoms with E-state index < -0.39 is 33.8 Å². The fourth-order valence-electron chi connectivity index (χ4n) is 1.50. The fraction of sp³-hybridized carbons (Fsp3) is 0.0833. The average Bonchev–Trinajstić information content (AvgIpc) is 2.40. The van der Waals surface area contributed by atoms with Crippen molar-refractivity contribution in [2.45, 2.75) is 11.4 Å². The smallest absolute Gasteiger partial charge is 0.247 e. The normalized spacial score (nSPS) is 11.5. The molecule has 0 fully saturated rings. The van der Waals surface area contributed by atoms with Gasteiger partial charge < -0.3 is 4.98 Å². The zero-order valence-corrected chi connectivity index (χ0v) is 10.9. The van der Waals surface area contributed by atoms with Crippen LogP contribution >= 0.6 is 0 Å². The van der Waals surface area contributed by atoms with E-state index in [4.69, 9.17) is 0 Å². The minimum absolute atomic E-state index is 0.113. The lowest BCUT2D eigenvalue weighted by molar-refractivity contribution is 0.566. The van der Waals surface area contributed by atoms with Crippen LogP contribution in [0.2, 0.25) is 0 Å². The summed E-state index contributed by atoms with van der Waals surface area (Å²) in [4.78, 5) is 12.9. The molecule has 0 saturated heterocycles. The first-order valence-electron chi connectivity index (χ1n) is 5.51. The molecule has 0 radical (unpaired) electrons. The van der Waals surface area contributed by atoms with E-state index in [0.717, 1.165) is 36.5 Å². The summed E-state index contributed by atoms with van der Waals surface area (Å²) < 4.78 is 52.2. The molecule has 1 aromatic carbocycles. The van der Waals surface area contributed by atoms with Crippen molar-refractivity contribution in [1.29, 1.82) is 0 Å². The Morgan fingerprint density at radius 3 is 2.55 bits per heavy atom. The quantitative estimate of drug-likeness (QED) is 0.888. The van der Waals surface area contributed by atoms with Crippen molar-refractivity contribution in [3.05, 3.63) is 64.1 Å². The molecule has 0 amide bonds. The van der Waals surface area contributed by atoms with E-state index in [1.54, 1.807) is 0 Å². The summed E-state index contributed by atoms with van der Waals surface area (Å²) in [6.45, 7) is -0.398. The topological polar surface area (TPSA) is 79.0 Å². The van der Waals surface area contributed by atoms with Gasteiger partial charge in [0.25, 0.3) is 0 Å². The Morgan fingerprint density at radius 2 is 1.90 bits per heavy atom. The second-order valence-corrected chi connectivity index (χ2v) is 5.72. The number of rotatable bonds is 4. The second-order valence-electron chi connectivity index (χ2n) is 3.95. The molecule has 0 bridgehead atoms. The molecule has 0 unspecified atom stereocenters. The van der Waals surface area contributed by atoms with Gasteiger partial charge in [0.1, 0.15) is 11.6 Å². The molecular formula is C12H10F2N2O3S. The first-order valence-corrected chi connectivity index (χ1v) is 6.99. The maximum absolute atomic E-state index is 13.4. The summed E-state index contributed by atoms with van der Waals surface area (Å²) in [5, 5.41) is 0.